The standard InChI is InChI=1S/C15H15N3O/c16-11-7-17-13(18-8-11)6-10-2-1-3-12-14(10)15(4-5-15)9-19-12/h1-3,7-8H,4-6,9,16H2. The topological polar surface area (TPSA) is 61.0 Å². The molecule has 4 nitrogen and oxygen atoms in total. The highest BCUT2D eigenvalue weighted by molar-refractivity contribution is 5.52. The second-order valence-corrected chi connectivity index (χ2v) is 5.47. The van der Waals surface area contributed by atoms with Crippen molar-refractivity contribution >= 4 is 5.69 Å². The number of aromatic nitrogens is 2. The van der Waals surface area contributed by atoms with Gasteiger partial charge in [0.2, 0.25) is 0 Å². The maximum absolute atomic E-state index is 5.81. The third-order valence-electron chi connectivity index (χ3n) is 4.07. The first-order chi connectivity index (χ1) is 9.27. The number of ether oxygens (including phenoxy) is 1. The number of hydrogen-bond donors (Lipinski definition) is 1. The van der Waals surface area contributed by atoms with Gasteiger partial charge in [0, 0.05) is 17.4 Å². The van der Waals surface area contributed by atoms with E-state index in [9.17, 15) is 0 Å². The number of nitrogen functional groups attached to an aromatic ring is 1. The fourth-order valence-electron chi connectivity index (χ4n) is 2.91. The Bertz CT molecular complexity index is 632. The number of rotatable bonds is 2. The van der Waals surface area contributed by atoms with Gasteiger partial charge >= 0.3 is 0 Å². The van der Waals surface area contributed by atoms with E-state index in [4.69, 9.17) is 10.5 Å². The van der Waals surface area contributed by atoms with Crippen molar-refractivity contribution in [3.63, 3.8) is 0 Å². The van der Waals surface area contributed by atoms with Crippen LogP contribution in [-0.4, -0.2) is 16.6 Å². The van der Waals surface area contributed by atoms with E-state index in [0.29, 0.717) is 11.1 Å². The van der Waals surface area contributed by atoms with Gasteiger partial charge in [-0.1, -0.05) is 12.1 Å². The van der Waals surface area contributed by atoms with Gasteiger partial charge in [0.15, 0.2) is 0 Å². The van der Waals surface area contributed by atoms with Crippen LogP contribution >= 0.6 is 0 Å². The molecule has 2 N–H and O–H groups in total. The molecule has 0 saturated heterocycles. The lowest BCUT2D eigenvalue weighted by atomic mass is 9.91. The summed E-state index contributed by atoms with van der Waals surface area (Å²) in [5.74, 6) is 1.86. The first-order valence-corrected chi connectivity index (χ1v) is 6.58. The highest BCUT2D eigenvalue weighted by Crippen LogP contribution is 2.56. The molecule has 0 radical (unpaired) electrons. The highest BCUT2D eigenvalue weighted by Gasteiger charge is 2.51. The van der Waals surface area contributed by atoms with E-state index in [1.165, 1.54) is 24.0 Å². The number of hydrogen-bond acceptors (Lipinski definition) is 4. The summed E-state index contributed by atoms with van der Waals surface area (Å²) >= 11 is 0. The number of benzene rings is 1. The summed E-state index contributed by atoms with van der Waals surface area (Å²) < 4.78 is 5.81. The molecule has 2 aliphatic rings. The zero-order valence-corrected chi connectivity index (χ0v) is 10.6. The predicted molar refractivity (Wildman–Crippen MR) is 72.1 cm³/mol. The van der Waals surface area contributed by atoms with Crippen LogP contribution < -0.4 is 10.5 Å². The van der Waals surface area contributed by atoms with Crippen molar-refractivity contribution in [2.45, 2.75) is 24.7 Å². The molecule has 0 unspecified atom stereocenters. The van der Waals surface area contributed by atoms with Gasteiger partial charge in [-0.15, -0.1) is 0 Å². The van der Waals surface area contributed by atoms with Gasteiger partial charge in [0.1, 0.15) is 11.6 Å². The second-order valence-electron chi connectivity index (χ2n) is 5.47. The van der Waals surface area contributed by atoms with Crippen LogP contribution in [0.2, 0.25) is 0 Å². The second kappa shape index (κ2) is 3.70. The van der Waals surface area contributed by atoms with Crippen LogP contribution in [0.25, 0.3) is 0 Å². The Morgan fingerprint density at radius 1 is 1.21 bits per heavy atom. The first-order valence-electron chi connectivity index (χ1n) is 6.58. The Kier molecular flexibility index (Phi) is 2.10. The van der Waals surface area contributed by atoms with Crippen molar-refractivity contribution < 1.29 is 4.74 Å². The summed E-state index contributed by atoms with van der Waals surface area (Å²) in [6, 6.07) is 6.27. The minimum absolute atomic E-state index is 0.291. The molecule has 0 amide bonds. The molecule has 0 atom stereocenters. The van der Waals surface area contributed by atoms with Crippen LogP contribution in [0.4, 0.5) is 5.69 Å². The quantitative estimate of drug-likeness (QED) is 0.890. The SMILES string of the molecule is Nc1cnc(Cc2cccc3c2C2(CC2)CO3)nc1. The van der Waals surface area contributed by atoms with Gasteiger partial charge in [0.25, 0.3) is 0 Å². The van der Waals surface area contributed by atoms with Crippen molar-refractivity contribution in [3.05, 3.63) is 47.5 Å². The molecule has 1 aliphatic carbocycles. The van der Waals surface area contributed by atoms with Crippen molar-refractivity contribution in [2.24, 2.45) is 0 Å². The number of nitrogens with two attached hydrogens (primary N) is 1. The molecule has 2 heterocycles. The normalized spacial score (nSPS) is 18.1. The van der Waals surface area contributed by atoms with Gasteiger partial charge in [-0.2, -0.15) is 0 Å². The van der Waals surface area contributed by atoms with Crippen LogP contribution in [0.5, 0.6) is 5.75 Å². The third kappa shape index (κ3) is 1.67. The Balaban J connectivity index is 1.73. The van der Waals surface area contributed by atoms with Crippen LogP contribution in [0.1, 0.15) is 29.8 Å². The fourth-order valence-corrected chi connectivity index (χ4v) is 2.91. The predicted octanol–water partition coefficient (Wildman–Crippen LogP) is 2.07. The van der Waals surface area contributed by atoms with E-state index in [1.54, 1.807) is 12.4 Å². The molecule has 4 rings (SSSR count). The van der Waals surface area contributed by atoms with Gasteiger partial charge in [-0.05, 0) is 24.5 Å². The lowest BCUT2D eigenvalue weighted by Crippen LogP contribution is -2.10. The summed E-state index contributed by atoms with van der Waals surface area (Å²) in [6.07, 6.45) is 6.54. The minimum atomic E-state index is 0.291. The minimum Gasteiger partial charge on any atom is -0.492 e. The lowest BCUT2D eigenvalue weighted by molar-refractivity contribution is 0.323. The summed E-state index contributed by atoms with van der Waals surface area (Å²) in [7, 11) is 0. The Morgan fingerprint density at radius 2 is 2.00 bits per heavy atom. The van der Waals surface area contributed by atoms with E-state index in [2.05, 4.69) is 22.1 Å². The summed E-state index contributed by atoms with van der Waals surface area (Å²) in [4.78, 5) is 8.58. The number of fused-ring (bicyclic) bond motifs is 2. The van der Waals surface area contributed by atoms with E-state index in [0.717, 1.165) is 24.6 Å². The molecule has 1 aliphatic heterocycles. The molecule has 1 aromatic heterocycles. The Hall–Kier alpha value is -2.10. The molecule has 4 heteroatoms. The number of anilines is 1. The molecular weight excluding hydrogens is 238 g/mol. The van der Waals surface area contributed by atoms with Crippen molar-refractivity contribution in [1.82, 2.24) is 9.97 Å². The highest BCUT2D eigenvalue weighted by atomic mass is 16.5. The average Bonchev–Trinajstić information content (AvgIpc) is 3.10. The van der Waals surface area contributed by atoms with Gasteiger partial charge in [-0.3, -0.25) is 0 Å². The van der Waals surface area contributed by atoms with Gasteiger partial charge < -0.3 is 10.5 Å². The maximum Gasteiger partial charge on any atom is 0.132 e. The van der Waals surface area contributed by atoms with E-state index in [1.807, 2.05) is 6.07 Å². The summed E-state index contributed by atoms with van der Waals surface area (Å²) in [5, 5.41) is 0. The van der Waals surface area contributed by atoms with Gasteiger partial charge in [-0.25, -0.2) is 9.97 Å². The molecule has 1 fully saturated rings. The molecule has 1 spiro atoms. The van der Waals surface area contributed by atoms with Crippen molar-refractivity contribution in [1.29, 1.82) is 0 Å². The van der Waals surface area contributed by atoms with Crippen LogP contribution in [-0.2, 0) is 11.8 Å². The Morgan fingerprint density at radius 3 is 2.74 bits per heavy atom. The molecule has 1 aromatic carbocycles. The molecule has 1 saturated carbocycles. The molecule has 0 bridgehead atoms. The van der Waals surface area contributed by atoms with E-state index >= 15 is 0 Å². The molecule has 96 valence electrons. The van der Waals surface area contributed by atoms with Crippen molar-refractivity contribution in [2.75, 3.05) is 12.3 Å². The monoisotopic (exact) mass is 253 g/mol. The number of nitrogens with zero attached hydrogens (tertiary/aromatic N) is 2. The lowest BCUT2D eigenvalue weighted by Gasteiger charge is -2.10. The van der Waals surface area contributed by atoms with Crippen molar-refractivity contribution in [3.8, 4) is 5.75 Å². The first kappa shape index (κ1) is 10.8. The molecule has 19 heavy (non-hydrogen) atoms. The van der Waals surface area contributed by atoms with Crippen LogP contribution in [0.15, 0.2) is 30.6 Å². The molecular formula is C15H15N3O. The molecule has 2 aromatic rings. The fraction of sp³-hybridized carbons (Fsp3) is 0.333. The average molecular weight is 253 g/mol. The Labute approximate surface area is 111 Å². The third-order valence-corrected chi connectivity index (χ3v) is 4.07. The van der Waals surface area contributed by atoms with Gasteiger partial charge in [0.05, 0.1) is 24.7 Å². The largest absolute Gasteiger partial charge is 0.492 e. The van der Waals surface area contributed by atoms with Crippen LogP contribution in [0, 0.1) is 0 Å². The summed E-state index contributed by atoms with van der Waals surface area (Å²) in [5.41, 5.74) is 9.18. The van der Waals surface area contributed by atoms with Crippen LogP contribution in [0.3, 0.4) is 0 Å². The smallest absolute Gasteiger partial charge is 0.132 e. The maximum atomic E-state index is 5.81. The zero-order valence-electron chi connectivity index (χ0n) is 10.6. The van der Waals surface area contributed by atoms with E-state index < -0.39 is 0 Å². The zero-order chi connectivity index (χ0) is 12.9. The van der Waals surface area contributed by atoms with E-state index in [-0.39, 0.29) is 0 Å². The summed E-state index contributed by atoms with van der Waals surface area (Å²) in [6.45, 7) is 0.835.